The Hall–Kier alpha value is -0.560. The first kappa shape index (κ1) is 24.7. The van der Waals surface area contributed by atoms with Gasteiger partial charge in [0.15, 0.2) is 5.78 Å². The Morgan fingerprint density at radius 2 is 1.97 bits per heavy atom. The average molecular weight is 446 g/mol. The summed E-state index contributed by atoms with van der Waals surface area (Å²) in [6.45, 7) is 1.49. The van der Waals surface area contributed by atoms with Gasteiger partial charge in [0.2, 0.25) is 0 Å². The Morgan fingerprint density at radius 1 is 1.24 bits per heavy atom. The van der Waals surface area contributed by atoms with Crippen LogP contribution in [0, 0.1) is 5.92 Å². The number of phosphoric ester groups is 1. The van der Waals surface area contributed by atoms with Gasteiger partial charge in [0.1, 0.15) is 0 Å². The van der Waals surface area contributed by atoms with Crippen molar-refractivity contribution in [2.75, 3.05) is 6.61 Å². The molecular weight excluding hydrogens is 409 g/mol. The number of ketones is 1. The molecule has 1 atom stereocenters. The number of carbonyl (C=O) groups excluding carboxylic acids is 1. The molecule has 1 unspecified atom stereocenters. The Bertz CT molecular complexity index is 678. The molecule has 1 heterocycles. The van der Waals surface area contributed by atoms with E-state index < -0.39 is 13.4 Å². The zero-order valence-corrected chi connectivity index (χ0v) is 19.2. The fourth-order valence-corrected chi connectivity index (χ4v) is 5.31. The molecule has 4 N–H and O–H groups in total. The molecule has 0 aliphatic heterocycles. The molecule has 0 amide bonds. The lowest BCUT2D eigenvalue weighted by molar-refractivity contribution is 0.0982. The van der Waals surface area contributed by atoms with Crippen LogP contribution in [0.1, 0.15) is 92.1 Å². The van der Waals surface area contributed by atoms with Gasteiger partial charge < -0.3 is 15.5 Å². The number of nitrogens with two attached hydrogens (primary N) is 1. The zero-order valence-electron chi connectivity index (χ0n) is 17.5. The molecule has 1 aliphatic carbocycles. The molecule has 166 valence electrons. The predicted octanol–water partition coefficient (Wildman–Crippen LogP) is 5.22. The van der Waals surface area contributed by atoms with Crippen LogP contribution in [0.15, 0.2) is 12.1 Å². The molecule has 0 bridgehead atoms. The van der Waals surface area contributed by atoms with E-state index in [1.165, 1.54) is 56.3 Å². The van der Waals surface area contributed by atoms with Gasteiger partial charge in [-0.05, 0) is 44.2 Å². The molecule has 2 rings (SSSR count). The summed E-state index contributed by atoms with van der Waals surface area (Å²) in [6, 6.07) is 3.82. The van der Waals surface area contributed by atoms with Crippen LogP contribution in [-0.4, -0.2) is 27.7 Å². The van der Waals surface area contributed by atoms with E-state index >= 15 is 0 Å². The van der Waals surface area contributed by atoms with Crippen LogP contribution in [0.3, 0.4) is 0 Å². The summed E-state index contributed by atoms with van der Waals surface area (Å²) >= 11 is 1.49. The minimum Gasteiger partial charge on any atom is -0.323 e. The van der Waals surface area contributed by atoms with Gasteiger partial charge in [-0.25, -0.2) is 4.57 Å². The highest BCUT2D eigenvalue weighted by Crippen LogP contribution is 2.37. The van der Waals surface area contributed by atoms with Crippen molar-refractivity contribution in [3.05, 3.63) is 21.9 Å². The van der Waals surface area contributed by atoms with Gasteiger partial charge in [-0.3, -0.25) is 9.32 Å². The predicted molar refractivity (Wildman–Crippen MR) is 117 cm³/mol. The molecule has 0 spiro atoms. The van der Waals surface area contributed by atoms with Gasteiger partial charge in [0, 0.05) is 16.8 Å². The van der Waals surface area contributed by atoms with Gasteiger partial charge in [0.05, 0.1) is 11.5 Å². The second-order valence-electron chi connectivity index (χ2n) is 8.71. The minimum atomic E-state index is -4.51. The van der Waals surface area contributed by atoms with Crippen LogP contribution < -0.4 is 5.73 Å². The van der Waals surface area contributed by atoms with E-state index in [4.69, 9.17) is 15.5 Å². The van der Waals surface area contributed by atoms with Crippen LogP contribution in [-0.2, 0) is 15.5 Å². The van der Waals surface area contributed by atoms with E-state index in [1.54, 1.807) is 6.92 Å². The van der Waals surface area contributed by atoms with Gasteiger partial charge in [-0.2, -0.15) is 0 Å². The van der Waals surface area contributed by atoms with E-state index in [1.807, 2.05) is 12.1 Å². The van der Waals surface area contributed by atoms with E-state index in [0.29, 0.717) is 19.3 Å². The molecule has 8 heteroatoms. The molecule has 1 aromatic heterocycles. The number of unbranched alkanes of at least 4 members (excludes halogenated alkanes) is 2. The Balaban J connectivity index is 1.65. The number of hydrogen-bond donors (Lipinski definition) is 3. The fourth-order valence-electron chi connectivity index (χ4n) is 3.87. The highest BCUT2D eigenvalue weighted by atomic mass is 32.1. The van der Waals surface area contributed by atoms with Gasteiger partial charge >= 0.3 is 7.82 Å². The van der Waals surface area contributed by atoms with Crippen LogP contribution >= 0.6 is 19.2 Å². The molecule has 29 heavy (non-hydrogen) atoms. The summed E-state index contributed by atoms with van der Waals surface area (Å²) in [7, 11) is -4.51. The third kappa shape index (κ3) is 10.3. The molecule has 1 aromatic rings. The topological polar surface area (TPSA) is 110 Å². The monoisotopic (exact) mass is 445 g/mol. The summed E-state index contributed by atoms with van der Waals surface area (Å²) in [6.07, 6.45) is 13.4. The van der Waals surface area contributed by atoms with Crippen molar-refractivity contribution in [1.82, 2.24) is 0 Å². The fraction of sp³-hybridized carbons (Fsp3) is 0.762. The lowest BCUT2D eigenvalue weighted by Gasteiger charge is -2.24. The maximum absolute atomic E-state index is 12.4. The number of phosphoric acid groups is 1. The summed E-state index contributed by atoms with van der Waals surface area (Å²) in [5.41, 5.74) is 5.22. The third-order valence-electron chi connectivity index (χ3n) is 5.68. The first-order chi connectivity index (χ1) is 13.6. The van der Waals surface area contributed by atoms with E-state index in [2.05, 4.69) is 4.52 Å². The lowest BCUT2D eigenvalue weighted by atomic mass is 9.85. The summed E-state index contributed by atoms with van der Waals surface area (Å²) < 4.78 is 15.3. The van der Waals surface area contributed by atoms with Crippen molar-refractivity contribution >= 4 is 24.9 Å². The first-order valence-electron chi connectivity index (χ1n) is 10.8. The molecule has 0 aromatic carbocycles. The summed E-state index contributed by atoms with van der Waals surface area (Å²) in [4.78, 5) is 31.9. The number of aryl methyl sites for hydroxylation is 1. The second-order valence-corrected chi connectivity index (χ2v) is 11.1. The molecule has 0 saturated heterocycles. The van der Waals surface area contributed by atoms with Crippen LogP contribution in [0.4, 0.5) is 0 Å². The Kier molecular flexibility index (Phi) is 9.99. The number of rotatable bonds is 13. The van der Waals surface area contributed by atoms with Crippen LogP contribution in [0.5, 0.6) is 0 Å². The molecular formula is C21H36NO5PS. The number of carbonyl (C=O) groups is 1. The average Bonchev–Trinajstić information content (AvgIpc) is 3.14. The molecule has 1 fully saturated rings. The normalized spacial score (nSPS) is 17.9. The minimum absolute atomic E-state index is 0.208. The van der Waals surface area contributed by atoms with E-state index in [9.17, 15) is 9.36 Å². The zero-order chi connectivity index (χ0) is 21.3. The molecule has 6 nitrogen and oxygen atoms in total. The lowest BCUT2D eigenvalue weighted by Crippen LogP contribution is -2.41. The quantitative estimate of drug-likeness (QED) is 0.218. The van der Waals surface area contributed by atoms with Crippen molar-refractivity contribution in [3.63, 3.8) is 0 Å². The van der Waals surface area contributed by atoms with Gasteiger partial charge in [0.25, 0.3) is 0 Å². The molecule has 0 radical (unpaired) electrons. The van der Waals surface area contributed by atoms with Crippen molar-refractivity contribution in [2.24, 2.45) is 11.7 Å². The SMILES string of the molecule is CC(N)(CCc1ccc(C(=O)CCCCCC2CCCCC2)s1)COP(=O)(O)O. The molecule has 1 saturated carbocycles. The third-order valence-corrected chi connectivity index (χ3v) is 7.33. The van der Waals surface area contributed by atoms with E-state index in [0.717, 1.165) is 28.5 Å². The standard InChI is InChI=1S/C21H36NO5PS/c1-21(22,16-27-28(24,25)26)15-14-18-12-13-20(29-18)19(23)11-7-3-6-10-17-8-4-2-5-9-17/h12-13,17H,2-11,14-16,22H2,1H3,(H2,24,25,26). The van der Waals surface area contributed by atoms with E-state index in [-0.39, 0.29) is 12.4 Å². The molecule has 1 aliphatic rings. The van der Waals surface area contributed by atoms with Crippen molar-refractivity contribution in [1.29, 1.82) is 0 Å². The summed E-state index contributed by atoms with van der Waals surface area (Å²) in [5, 5.41) is 0. The number of hydrogen-bond acceptors (Lipinski definition) is 5. The van der Waals surface area contributed by atoms with Crippen molar-refractivity contribution in [3.8, 4) is 0 Å². The Morgan fingerprint density at radius 3 is 2.66 bits per heavy atom. The summed E-state index contributed by atoms with van der Waals surface area (Å²) in [5.74, 6) is 1.12. The second kappa shape index (κ2) is 11.7. The largest absolute Gasteiger partial charge is 0.469 e. The smallest absolute Gasteiger partial charge is 0.323 e. The number of thiophene rings is 1. The van der Waals surface area contributed by atoms with Crippen molar-refractivity contribution < 1.29 is 23.7 Å². The number of Topliss-reactive ketones (excluding diaryl/α,β-unsaturated/α-hetero) is 1. The highest BCUT2D eigenvalue weighted by Gasteiger charge is 2.24. The Labute approximate surface area is 178 Å². The van der Waals surface area contributed by atoms with Gasteiger partial charge in [-0.15, -0.1) is 11.3 Å². The van der Waals surface area contributed by atoms with Crippen molar-refractivity contribution in [2.45, 2.75) is 89.5 Å². The maximum atomic E-state index is 12.4. The highest BCUT2D eigenvalue weighted by molar-refractivity contribution is 7.46. The maximum Gasteiger partial charge on any atom is 0.469 e. The van der Waals surface area contributed by atoms with Crippen LogP contribution in [0.25, 0.3) is 0 Å². The van der Waals surface area contributed by atoms with Gasteiger partial charge in [-0.1, -0.05) is 51.4 Å². The van der Waals surface area contributed by atoms with Crippen LogP contribution in [0.2, 0.25) is 0 Å². The first-order valence-corrected chi connectivity index (χ1v) is 13.1.